The summed E-state index contributed by atoms with van der Waals surface area (Å²) in [4.78, 5) is 2.54. The minimum Gasteiger partial charge on any atom is -0.333 e. The molecular weight excluding hydrogens is 530 g/mol. The maximum atomic E-state index is 2.54. The minimum absolute atomic E-state index is 0.0449. The Morgan fingerprint density at radius 2 is 0.955 bits per heavy atom. The number of hydrogen-bond acceptors (Lipinski definition) is 1. The Morgan fingerprint density at radius 3 is 1.59 bits per heavy atom. The number of anilines is 1. The number of rotatable bonds is 6. The minimum atomic E-state index is 0.0449. The number of allylic oxidation sites excluding steroid dienone is 1. The number of nitrogens with zero attached hydrogens (tertiary/aromatic N) is 1. The van der Waals surface area contributed by atoms with Gasteiger partial charge in [-0.3, -0.25) is 0 Å². The molecule has 1 heteroatoms. The highest BCUT2D eigenvalue weighted by molar-refractivity contribution is 6.33. The van der Waals surface area contributed by atoms with Crippen LogP contribution in [0.1, 0.15) is 36.6 Å². The fraction of sp³-hybridized carbons (Fsp3) is 0.0698. The summed E-state index contributed by atoms with van der Waals surface area (Å²) in [6.45, 7) is 4.62. The van der Waals surface area contributed by atoms with Gasteiger partial charge < -0.3 is 4.90 Å². The van der Waals surface area contributed by atoms with E-state index >= 15 is 0 Å². The Labute approximate surface area is 258 Å². The first-order chi connectivity index (χ1) is 21.7. The van der Waals surface area contributed by atoms with Crippen LogP contribution in [-0.2, 0) is 0 Å². The normalized spacial score (nSPS) is 13.0. The van der Waals surface area contributed by atoms with E-state index in [4.69, 9.17) is 0 Å². The predicted octanol–water partition coefficient (Wildman–Crippen LogP) is 11.9. The zero-order chi connectivity index (χ0) is 29.6. The molecule has 0 spiro atoms. The molecule has 0 saturated carbocycles. The van der Waals surface area contributed by atoms with Crippen molar-refractivity contribution < 1.29 is 0 Å². The zero-order valence-corrected chi connectivity index (χ0v) is 25.0. The van der Waals surface area contributed by atoms with E-state index in [-0.39, 0.29) is 6.04 Å². The molecule has 210 valence electrons. The van der Waals surface area contributed by atoms with Crippen LogP contribution in [0.2, 0.25) is 0 Å². The second kappa shape index (κ2) is 10.7. The summed E-state index contributed by atoms with van der Waals surface area (Å²) < 4.78 is 0. The molecule has 0 N–H and O–H groups in total. The number of fused-ring (bicyclic) bond motifs is 2. The quantitative estimate of drug-likeness (QED) is 0.110. The van der Waals surface area contributed by atoms with E-state index in [1.807, 2.05) is 0 Å². The van der Waals surface area contributed by atoms with Crippen molar-refractivity contribution in [1.29, 1.82) is 0 Å². The van der Waals surface area contributed by atoms with Crippen molar-refractivity contribution in [1.82, 2.24) is 0 Å². The molecule has 0 aliphatic heterocycles. The molecule has 0 bridgehead atoms. The van der Waals surface area contributed by atoms with Crippen LogP contribution in [0.3, 0.4) is 0 Å². The molecule has 0 aliphatic rings. The maximum Gasteiger partial charge on any atom is 0.0569 e. The fourth-order valence-corrected chi connectivity index (χ4v) is 7.26. The smallest absolute Gasteiger partial charge is 0.0569 e. The topological polar surface area (TPSA) is 3.24 Å². The highest BCUT2D eigenvalue weighted by atomic mass is 15.2. The van der Waals surface area contributed by atoms with Crippen LogP contribution in [-0.4, -0.2) is 0 Å². The first kappa shape index (κ1) is 26.2. The molecule has 0 aromatic heterocycles. The Balaban J connectivity index is 1.42. The largest absolute Gasteiger partial charge is 0.333 e. The van der Waals surface area contributed by atoms with E-state index in [1.165, 1.54) is 76.7 Å². The molecular formula is C43H33N. The van der Waals surface area contributed by atoms with Crippen LogP contribution in [0, 0.1) is 0 Å². The number of hydrogen-bond donors (Lipinski definition) is 0. The summed E-state index contributed by atoms with van der Waals surface area (Å²) >= 11 is 0. The van der Waals surface area contributed by atoms with E-state index in [0.29, 0.717) is 0 Å². The molecule has 1 unspecified atom stereocenters. The molecule has 0 heterocycles. The van der Waals surface area contributed by atoms with Gasteiger partial charge in [-0.2, -0.15) is 0 Å². The van der Waals surface area contributed by atoms with Crippen molar-refractivity contribution >= 4 is 60.0 Å². The van der Waals surface area contributed by atoms with Crippen LogP contribution in [0.15, 0.2) is 158 Å². The predicted molar refractivity (Wildman–Crippen MR) is 190 cm³/mol. The lowest BCUT2D eigenvalue weighted by Gasteiger charge is -2.36. The van der Waals surface area contributed by atoms with Crippen molar-refractivity contribution in [3.63, 3.8) is 0 Å². The van der Waals surface area contributed by atoms with Crippen LogP contribution < -0.4 is 4.90 Å². The van der Waals surface area contributed by atoms with Crippen LogP contribution in [0.4, 0.5) is 5.69 Å². The Morgan fingerprint density at radius 1 is 0.455 bits per heavy atom. The molecule has 0 aliphatic carbocycles. The molecule has 0 amide bonds. The van der Waals surface area contributed by atoms with Gasteiger partial charge in [-0.1, -0.05) is 146 Å². The van der Waals surface area contributed by atoms with Crippen molar-refractivity contribution in [3.05, 3.63) is 174 Å². The van der Waals surface area contributed by atoms with Gasteiger partial charge >= 0.3 is 0 Å². The molecule has 0 fully saturated rings. The van der Waals surface area contributed by atoms with E-state index in [1.54, 1.807) is 0 Å². The van der Waals surface area contributed by atoms with Crippen LogP contribution in [0.5, 0.6) is 0 Å². The zero-order valence-electron chi connectivity index (χ0n) is 25.0. The van der Waals surface area contributed by atoms with E-state index in [9.17, 15) is 0 Å². The van der Waals surface area contributed by atoms with Crippen molar-refractivity contribution in [3.8, 4) is 0 Å². The van der Waals surface area contributed by atoms with Gasteiger partial charge in [-0.25, -0.2) is 0 Å². The second-order valence-corrected chi connectivity index (χ2v) is 11.7. The lowest BCUT2D eigenvalue weighted by molar-refractivity contribution is 0.786. The van der Waals surface area contributed by atoms with Gasteiger partial charge in [0.05, 0.1) is 11.7 Å². The summed E-state index contributed by atoms with van der Waals surface area (Å²) in [6, 6.07) is 57.5. The average molecular weight is 564 g/mol. The number of benzene rings is 8. The third-order valence-corrected chi connectivity index (χ3v) is 9.28. The van der Waals surface area contributed by atoms with E-state index in [0.717, 1.165) is 0 Å². The van der Waals surface area contributed by atoms with Crippen LogP contribution in [0.25, 0.3) is 54.4 Å². The van der Waals surface area contributed by atoms with E-state index < -0.39 is 0 Å². The summed E-state index contributed by atoms with van der Waals surface area (Å²) in [6.07, 6.45) is 0. The van der Waals surface area contributed by atoms with Gasteiger partial charge in [0.15, 0.2) is 0 Å². The van der Waals surface area contributed by atoms with Crippen molar-refractivity contribution in [2.75, 3.05) is 4.90 Å². The van der Waals surface area contributed by atoms with Crippen molar-refractivity contribution in [2.24, 2.45) is 0 Å². The summed E-state index contributed by atoms with van der Waals surface area (Å²) in [5, 5.41) is 10.6. The highest BCUT2D eigenvalue weighted by Gasteiger charge is 2.26. The molecule has 8 aromatic carbocycles. The fourth-order valence-electron chi connectivity index (χ4n) is 7.26. The highest BCUT2D eigenvalue weighted by Crippen LogP contribution is 2.45. The van der Waals surface area contributed by atoms with Crippen LogP contribution >= 0.6 is 0 Å². The van der Waals surface area contributed by atoms with Gasteiger partial charge in [-0.15, -0.1) is 0 Å². The lowest BCUT2D eigenvalue weighted by atomic mass is 9.86. The first-order valence-electron chi connectivity index (χ1n) is 15.4. The summed E-state index contributed by atoms with van der Waals surface area (Å²) in [5.41, 5.74) is 7.37. The van der Waals surface area contributed by atoms with Gasteiger partial charge in [-0.05, 0) is 91.3 Å². The molecule has 0 saturated heterocycles. The Bertz CT molecular complexity index is 2230. The SMILES string of the molecule is C/C(=C(/c1ccccc1)N(c1ccccc1)C(C)c1ccc2c3cccc4cccc(c5cccc1c52)c43)c1ccccc1. The van der Waals surface area contributed by atoms with Gasteiger partial charge in [0, 0.05) is 5.69 Å². The molecule has 1 atom stereocenters. The van der Waals surface area contributed by atoms with E-state index in [2.05, 4.69) is 176 Å². The van der Waals surface area contributed by atoms with Gasteiger partial charge in [0.1, 0.15) is 0 Å². The first-order valence-corrected chi connectivity index (χ1v) is 15.4. The Kier molecular flexibility index (Phi) is 6.38. The summed E-state index contributed by atoms with van der Waals surface area (Å²) in [5.74, 6) is 0. The third-order valence-electron chi connectivity index (χ3n) is 9.28. The third kappa shape index (κ3) is 4.16. The van der Waals surface area contributed by atoms with Crippen molar-refractivity contribution in [2.45, 2.75) is 19.9 Å². The standard InChI is InChI=1S/C43H33N/c1-29(31-15-6-3-7-16-31)43(33-17-8-4-9-18-33)44(34-21-10-5-11-22-34)30(2)35-27-28-40-38-24-13-20-32-19-12-23-37(41(32)38)39-26-14-25-36(35)42(39)40/h3-28,30H,1-2H3/b43-29+. The van der Waals surface area contributed by atoms with Gasteiger partial charge in [0.25, 0.3) is 0 Å². The van der Waals surface area contributed by atoms with Gasteiger partial charge in [0.2, 0.25) is 0 Å². The molecule has 8 aromatic rings. The Hall–Kier alpha value is -5.40. The monoisotopic (exact) mass is 563 g/mol. The molecule has 8 rings (SSSR count). The average Bonchev–Trinajstić information content (AvgIpc) is 3.10. The second-order valence-electron chi connectivity index (χ2n) is 11.7. The molecule has 44 heavy (non-hydrogen) atoms. The number of para-hydroxylation sites is 1. The summed E-state index contributed by atoms with van der Waals surface area (Å²) in [7, 11) is 0. The molecule has 1 nitrogen and oxygen atoms in total. The maximum absolute atomic E-state index is 2.54. The lowest BCUT2D eigenvalue weighted by Crippen LogP contribution is -2.26. The molecule has 0 radical (unpaired) electrons.